The molecule has 4 nitrogen and oxygen atoms in total. The maximum Gasteiger partial charge on any atom is 0.522 e. The molecule has 1 heterocycles. The first-order valence-electron chi connectivity index (χ1n) is 4.39. The van der Waals surface area contributed by atoms with Crippen molar-refractivity contribution in [3.63, 3.8) is 0 Å². The van der Waals surface area contributed by atoms with E-state index in [2.05, 4.69) is 9.84 Å². The highest BCUT2D eigenvalue weighted by Crippen LogP contribution is 2.16. The second-order valence-corrected chi connectivity index (χ2v) is 3.08. The lowest BCUT2D eigenvalue weighted by Crippen LogP contribution is -2.15. The summed E-state index contributed by atoms with van der Waals surface area (Å²) < 4.78 is 40.0. The van der Waals surface area contributed by atoms with Gasteiger partial charge in [-0.2, -0.15) is 5.10 Å². The van der Waals surface area contributed by atoms with Crippen LogP contribution >= 0.6 is 0 Å². The van der Waals surface area contributed by atoms with Crippen LogP contribution in [0, 0.1) is 6.92 Å². The van der Waals surface area contributed by atoms with E-state index in [0.29, 0.717) is 12.4 Å². The van der Waals surface area contributed by atoms with Crippen LogP contribution in [-0.2, 0) is 11.3 Å². The van der Waals surface area contributed by atoms with Crippen molar-refractivity contribution >= 4 is 5.82 Å². The summed E-state index contributed by atoms with van der Waals surface area (Å²) in [5.41, 5.74) is 6.23. The first kappa shape index (κ1) is 11.8. The Balaban J connectivity index is 2.29. The van der Waals surface area contributed by atoms with Gasteiger partial charge in [0, 0.05) is 18.3 Å². The molecule has 1 aromatic rings. The number of aromatic nitrogens is 2. The van der Waals surface area contributed by atoms with Gasteiger partial charge in [0.25, 0.3) is 0 Å². The molecule has 0 unspecified atom stereocenters. The van der Waals surface area contributed by atoms with Crippen LogP contribution in [0.1, 0.15) is 12.1 Å². The van der Waals surface area contributed by atoms with E-state index in [9.17, 15) is 13.2 Å². The fraction of sp³-hybridized carbons (Fsp3) is 0.625. The highest BCUT2D eigenvalue weighted by molar-refractivity contribution is 5.28. The summed E-state index contributed by atoms with van der Waals surface area (Å²) in [6.07, 6.45) is -4.32. The molecular weight excluding hydrogens is 211 g/mol. The molecule has 15 heavy (non-hydrogen) atoms. The second-order valence-electron chi connectivity index (χ2n) is 3.08. The van der Waals surface area contributed by atoms with Crippen LogP contribution in [-0.4, -0.2) is 22.7 Å². The average Bonchev–Trinajstić information content (AvgIpc) is 2.37. The number of nitrogens with two attached hydrogens (primary N) is 1. The molecular formula is C8H12F3N3O. The molecule has 0 aromatic carbocycles. The van der Waals surface area contributed by atoms with Crippen molar-refractivity contribution in [2.45, 2.75) is 26.3 Å². The number of hydrogen-bond acceptors (Lipinski definition) is 3. The third-order valence-electron chi connectivity index (χ3n) is 1.78. The molecule has 0 atom stereocenters. The first-order chi connectivity index (χ1) is 6.88. The second kappa shape index (κ2) is 4.52. The highest BCUT2D eigenvalue weighted by Gasteiger charge is 2.28. The van der Waals surface area contributed by atoms with Gasteiger partial charge in [0.05, 0.1) is 6.61 Å². The van der Waals surface area contributed by atoms with E-state index in [1.54, 1.807) is 17.7 Å². The van der Waals surface area contributed by atoms with Gasteiger partial charge < -0.3 is 5.73 Å². The third kappa shape index (κ3) is 4.20. The predicted molar refractivity (Wildman–Crippen MR) is 48.0 cm³/mol. The molecule has 0 radical (unpaired) electrons. The summed E-state index contributed by atoms with van der Waals surface area (Å²) in [5.74, 6) is 0.365. The summed E-state index contributed by atoms with van der Waals surface area (Å²) in [4.78, 5) is 0. The van der Waals surface area contributed by atoms with Gasteiger partial charge in [0.15, 0.2) is 0 Å². The van der Waals surface area contributed by atoms with Crippen LogP contribution in [0.3, 0.4) is 0 Å². The quantitative estimate of drug-likeness (QED) is 0.790. The Morgan fingerprint density at radius 1 is 1.53 bits per heavy atom. The zero-order chi connectivity index (χ0) is 11.5. The fourth-order valence-electron chi connectivity index (χ4n) is 1.16. The van der Waals surface area contributed by atoms with E-state index < -0.39 is 6.36 Å². The molecule has 0 fully saturated rings. The topological polar surface area (TPSA) is 53.1 Å². The molecule has 1 aromatic heterocycles. The van der Waals surface area contributed by atoms with Gasteiger partial charge in [-0.25, -0.2) is 0 Å². The van der Waals surface area contributed by atoms with E-state index in [0.717, 1.165) is 5.69 Å². The molecule has 0 saturated heterocycles. The van der Waals surface area contributed by atoms with E-state index >= 15 is 0 Å². The van der Waals surface area contributed by atoms with Crippen molar-refractivity contribution in [1.82, 2.24) is 9.78 Å². The van der Waals surface area contributed by atoms with Crippen LogP contribution in [0.25, 0.3) is 0 Å². The summed E-state index contributed by atoms with van der Waals surface area (Å²) in [6.45, 7) is 1.77. The van der Waals surface area contributed by atoms with Crippen molar-refractivity contribution in [3.8, 4) is 0 Å². The number of halogens is 3. The Labute approximate surface area is 84.8 Å². The van der Waals surface area contributed by atoms with Crippen LogP contribution in [0.4, 0.5) is 19.0 Å². The number of nitrogen functional groups attached to an aromatic ring is 1. The number of nitrogens with zero attached hydrogens (tertiary/aromatic N) is 2. The molecule has 0 spiro atoms. The minimum Gasteiger partial charge on any atom is -0.382 e. The number of hydrogen-bond donors (Lipinski definition) is 1. The minimum absolute atomic E-state index is 0.238. The summed E-state index contributed by atoms with van der Waals surface area (Å²) >= 11 is 0. The summed E-state index contributed by atoms with van der Waals surface area (Å²) in [6, 6.07) is 1.66. The molecule has 86 valence electrons. The van der Waals surface area contributed by atoms with Gasteiger partial charge in [0.2, 0.25) is 0 Å². The van der Waals surface area contributed by atoms with E-state index in [-0.39, 0.29) is 13.0 Å². The standard InChI is InChI=1S/C8H12F3N3O/c1-6-5-7(12)13-14(6)3-2-4-15-8(9,10)11/h5H,2-4H2,1H3,(H2,12,13). The maximum absolute atomic E-state index is 11.6. The van der Waals surface area contributed by atoms with Crippen LogP contribution in [0.15, 0.2) is 6.07 Å². The smallest absolute Gasteiger partial charge is 0.382 e. The van der Waals surface area contributed by atoms with Gasteiger partial charge >= 0.3 is 6.36 Å². The van der Waals surface area contributed by atoms with Crippen molar-refractivity contribution in [3.05, 3.63) is 11.8 Å². The fourth-order valence-corrected chi connectivity index (χ4v) is 1.16. The zero-order valence-electron chi connectivity index (χ0n) is 8.21. The lowest BCUT2D eigenvalue weighted by atomic mass is 10.4. The number of ether oxygens (including phenoxy) is 1. The van der Waals surface area contributed by atoms with Crippen molar-refractivity contribution in [1.29, 1.82) is 0 Å². The molecule has 0 aliphatic carbocycles. The van der Waals surface area contributed by atoms with Crippen LogP contribution < -0.4 is 5.73 Å². The van der Waals surface area contributed by atoms with E-state index in [1.165, 1.54) is 0 Å². The molecule has 0 bridgehead atoms. The number of alkyl halides is 3. The average molecular weight is 223 g/mol. The van der Waals surface area contributed by atoms with Crippen molar-refractivity contribution < 1.29 is 17.9 Å². The Bertz CT molecular complexity index is 321. The molecule has 1 rings (SSSR count). The Hall–Kier alpha value is -1.24. The molecule has 7 heteroatoms. The summed E-state index contributed by atoms with van der Waals surface area (Å²) in [5, 5.41) is 3.90. The zero-order valence-corrected chi connectivity index (χ0v) is 8.21. The van der Waals surface area contributed by atoms with E-state index in [1.807, 2.05) is 0 Å². The van der Waals surface area contributed by atoms with Crippen molar-refractivity contribution in [2.24, 2.45) is 0 Å². The summed E-state index contributed by atoms with van der Waals surface area (Å²) in [7, 11) is 0. The van der Waals surface area contributed by atoms with Gasteiger partial charge in [-0.15, -0.1) is 13.2 Å². The number of anilines is 1. The number of rotatable bonds is 4. The van der Waals surface area contributed by atoms with Crippen molar-refractivity contribution in [2.75, 3.05) is 12.3 Å². The van der Waals surface area contributed by atoms with Gasteiger partial charge in [0.1, 0.15) is 5.82 Å². The highest BCUT2D eigenvalue weighted by atomic mass is 19.4. The first-order valence-corrected chi connectivity index (χ1v) is 4.39. The lowest BCUT2D eigenvalue weighted by molar-refractivity contribution is -0.324. The maximum atomic E-state index is 11.6. The predicted octanol–water partition coefficient (Wildman–Crippen LogP) is 1.70. The normalized spacial score (nSPS) is 12.0. The van der Waals surface area contributed by atoms with Gasteiger partial charge in [-0.3, -0.25) is 9.42 Å². The molecule has 2 N–H and O–H groups in total. The van der Waals surface area contributed by atoms with Crippen LogP contribution in [0.5, 0.6) is 0 Å². The Morgan fingerprint density at radius 2 is 2.20 bits per heavy atom. The Kier molecular flexibility index (Phi) is 3.57. The largest absolute Gasteiger partial charge is 0.522 e. The molecule has 0 amide bonds. The molecule has 0 aliphatic heterocycles. The van der Waals surface area contributed by atoms with Gasteiger partial charge in [-0.05, 0) is 13.3 Å². The number of aryl methyl sites for hydroxylation is 2. The Morgan fingerprint density at radius 3 is 2.67 bits per heavy atom. The molecule has 0 saturated carbocycles. The lowest BCUT2D eigenvalue weighted by Gasteiger charge is -2.07. The SMILES string of the molecule is Cc1cc(N)nn1CCCOC(F)(F)F. The van der Waals surface area contributed by atoms with E-state index in [4.69, 9.17) is 5.73 Å². The third-order valence-corrected chi connectivity index (χ3v) is 1.78. The molecule has 0 aliphatic rings. The monoisotopic (exact) mass is 223 g/mol. The minimum atomic E-state index is -4.56. The van der Waals surface area contributed by atoms with Crippen LogP contribution in [0.2, 0.25) is 0 Å². The van der Waals surface area contributed by atoms with Gasteiger partial charge in [-0.1, -0.05) is 0 Å².